The van der Waals surface area contributed by atoms with Gasteiger partial charge in [0, 0.05) is 7.11 Å². The van der Waals surface area contributed by atoms with E-state index in [0.717, 1.165) is 5.56 Å². The molecule has 0 unspecified atom stereocenters. The van der Waals surface area contributed by atoms with Crippen molar-refractivity contribution in [2.75, 3.05) is 13.6 Å². The number of rotatable bonds is 5. The maximum Gasteiger partial charge on any atom is 1.00 e. The Morgan fingerprint density at radius 2 is 1.94 bits per heavy atom. The van der Waals surface area contributed by atoms with Crippen molar-refractivity contribution in [1.82, 2.24) is 0 Å². The zero-order valence-corrected chi connectivity index (χ0v) is 12.4. The fraction of sp³-hybridized carbons (Fsp3) is 0.333. The summed E-state index contributed by atoms with van der Waals surface area (Å²) in [5.41, 5.74) is 0.782. The molecule has 0 spiro atoms. The molecular formula is C9H11BF3KO2. The third-order valence-electron chi connectivity index (χ3n) is 1.65. The second-order valence-corrected chi connectivity index (χ2v) is 3.10. The van der Waals surface area contributed by atoms with Gasteiger partial charge in [-0.25, -0.2) is 0 Å². The van der Waals surface area contributed by atoms with E-state index in [1.54, 1.807) is 12.1 Å². The summed E-state index contributed by atoms with van der Waals surface area (Å²) in [6.07, 6.45) is 0. The van der Waals surface area contributed by atoms with Gasteiger partial charge in [0.2, 0.25) is 0 Å². The van der Waals surface area contributed by atoms with Gasteiger partial charge in [0.1, 0.15) is 5.75 Å². The Morgan fingerprint density at radius 1 is 1.25 bits per heavy atom. The number of hydrogen-bond donors (Lipinski definition) is 0. The summed E-state index contributed by atoms with van der Waals surface area (Å²) >= 11 is 0. The molecule has 0 bridgehead atoms. The van der Waals surface area contributed by atoms with Crippen molar-refractivity contribution in [3.8, 4) is 5.75 Å². The summed E-state index contributed by atoms with van der Waals surface area (Å²) in [5, 5.41) is 0. The normalized spacial score (nSPS) is 10.8. The first-order chi connectivity index (χ1) is 7.01. The van der Waals surface area contributed by atoms with Crippen molar-refractivity contribution >= 4 is 6.98 Å². The van der Waals surface area contributed by atoms with Gasteiger partial charge in [-0.2, -0.15) is 0 Å². The number of benzene rings is 1. The van der Waals surface area contributed by atoms with E-state index in [2.05, 4.69) is 4.74 Å². The van der Waals surface area contributed by atoms with Crippen molar-refractivity contribution in [3.05, 3.63) is 29.8 Å². The first-order valence-corrected chi connectivity index (χ1v) is 4.43. The Bertz CT molecular complexity index is 320. The third-order valence-corrected chi connectivity index (χ3v) is 1.65. The molecule has 0 N–H and O–H groups in total. The predicted molar refractivity (Wildman–Crippen MR) is 51.7 cm³/mol. The average molecular weight is 258 g/mol. The summed E-state index contributed by atoms with van der Waals surface area (Å²) < 4.78 is 45.2. The first-order valence-electron chi connectivity index (χ1n) is 4.43. The summed E-state index contributed by atoms with van der Waals surface area (Å²) in [6, 6.07) is 6.41. The summed E-state index contributed by atoms with van der Waals surface area (Å²) in [7, 11) is 1.52. The van der Waals surface area contributed by atoms with Gasteiger partial charge in [-0.1, -0.05) is 12.1 Å². The quantitative estimate of drug-likeness (QED) is 0.669. The molecule has 1 aromatic rings. The summed E-state index contributed by atoms with van der Waals surface area (Å²) in [5.74, 6) is 0.212. The molecule has 0 aromatic heterocycles. The van der Waals surface area contributed by atoms with E-state index in [1.807, 2.05) is 0 Å². The number of methoxy groups -OCH3 is 1. The van der Waals surface area contributed by atoms with E-state index in [4.69, 9.17) is 4.74 Å². The van der Waals surface area contributed by atoms with Crippen LogP contribution in [0.5, 0.6) is 5.75 Å². The van der Waals surface area contributed by atoms with E-state index >= 15 is 0 Å². The van der Waals surface area contributed by atoms with Gasteiger partial charge in [-0.15, -0.1) is 0 Å². The number of ether oxygens (including phenoxy) is 2. The van der Waals surface area contributed by atoms with Gasteiger partial charge in [-0.3, -0.25) is 0 Å². The Balaban J connectivity index is 0.00000225. The van der Waals surface area contributed by atoms with Crippen LogP contribution in [0.4, 0.5) is 12.9 Å². The zero-order valence-electron chi connectivity index (χ0n) is 9.25. The minimum Gasteiger partial charge on any atom is -0.522 e. The van der Waals surface area contributed by atoms with Gasteiger partial charge < -0.3 is 22.4 Å². The molecule has 0 heterocycles. The third kappa shape index (κ3) is 6.93. The zero-order chi connectivity index (χ0) is 11.3. The Labute approximate surface area is 135 Å². The molecule has 0 saturated carbocycles. The number of halogens is 3. The van der Waals surface area contributed by atoms with Gasteiger partial charge in [0.25, 0.3) is 0 Å². The van der Waals surface area contributed by atoms with Crippen LogP contribution in [-0.4, -0.2) is 20.6 Å². The molecule has 2 nitrogen and oxygen atoms in total. The van der Waals surface area contributed by atoms with Gasteiger partial charge in [0.15, 0.2) is 0 Å². The Morgan fingerprint density at radius 3 is 2.50 bits per heavy atom. The molecule has 0 saturated heterocycles. The van der Waals surface area contributed by atoms with Crippen LogP contribution < -0.4 is 56.1 Å². The van der Waals surface area contributed by atoms with Gasteiger partial charge in [-0.05, 0) is 17.7 Å². The molecule has 1 aromatic carbocycles. The molecule has 7 heteroatoms. The maximum absolute atomic E-state index is 11.9. The number of hydrogen-bond acceptors (Lipinski definition) is 2. The molecule has 0 radical (unpaired) electrons. The molecule has 0 aliphatic carbocycles. The van der Waals surface area contributed by atoms with Crippen molar-refractivity contribution in [2.24, 2.45) is 0 Å². The van der Waals surface area contributed by atoms with Crippen LogP contribution in [0, 0.1) is 0 Å². The van der Waals surface area contributed by atoms with Gasteiger partial charge >= 0.3 is 58.4 Å². The van der Waals surface area contributed by atoms with Crippen LogP contribution in [-0.2, 0) is 11.3 Å². The summed E-state index contributed by atoms with van der Waals surface area (Å²) in [6.45, 7) is -5.76. The second-order valence-electron chi connectivity index (χ2n) is 3.10. The first kappa shape index (κ1) is 16.5. The molecule has 0 aliphatic rings. The van der Waals surface area contributed by atoms with Crippen LogP contribution in [0.15, 0.2) is 24.3 Å². The van der Waals surface area contributed by atoms with Crippen molar-refractivity contribution in [3.63, 3.8) is 0 Å². The molecule has 0 fully saturated rings. The smallest absolute Gasteiger partial charge is 0.522 e. The van der Waals surface area contributed by atoms with E-state index in [9.17, 15) is 12.9 Å². The largest absolute Gasteiger partial charge is 1.00 e. The second kappa shape index (κ2) is 7.73. The Hall–Kier alpha value is 0.471. The van der Waals surface area contributed by atoms with Crippen molar-refractivity contribution in [2.45, 2.75) is 6.61 Å². The van der Waals surface area contributed by atoms with E-state index in [1.165, 1.54) is 19.2 Å². The molecule has 84 valence electrons. The fourth-order valence-corrected chi connectivity index (χ4v) is 1.08. The fourth-order valence-electron chi connectivity index (χ4n) is 1.08. The van der Waals surface area contributed by atoms with E-state index in [-0.39, 0.29) is 57.1 Å². The molecule has 16 heavy (non-hydrogen) atoms. The minimum atomic E-state index is -4.90. The molecule has 0 atom stereocenters. The molecule has 0 amide bonds. The Kier molecular flexibility index (Phi) is 7.96. The minimum absolute atomic E-state index is 0. The van der Waals surface area contributed by atoms with Crippen molar-refractivity contribution < 1.29 is 73.8 Å². The van der Waals surface area contributed by atoms with Crippen LogP contribution in [0.25, 0.3) is 0 Å². The average Bonchev–Trinajstić information content (AvgIpc) is 2.15. The molecule has 0 aliphatic heterocycles. The monoisotopic (exact) mass is 258 g/mol. The standard InChI is InChI=1S/C9H11BF3O2.K/c1-14-6-8-3-2-4-9(5-8)15-7-10(11,12)13;/h2-5H,6-7H2,1H3;/q-1;+1. The maximum atomic E-state index is 11.9. The SMILES string of the molecule is COCc1cccc(OC[B-](F)(F)F)c1.[K+]. The predicted octanol–water partition coefficient (Wildman–Crippen LogP) is -0.398. The molecule has 1 rings (SSSR count). The van der Waals surface area contributed by atoms with E-state index in [0.29, 0.717) is 6.61 Å². The van der Waals surface area contributed by atoms with Gasteiger partial charge in [0.05, 0.1) is 13.1 Å². The van der Waals surface area contributed by atoms with Crippen LogP contribution >= 0.6 is 0 Å². The van der Waals surface area contributed by atoms with Crippen LogP contribution in [0.2, 0.25) is 0 Å². The van der Waals surface area contributed by atoms with E-state index < -0.39 is 13.5 Å². The molecular weight excluding hydrogens is 247 g/mol. The van der Waals surface area contributed by atoms with Crippen LogP contribution in [0.3, 0.4) is 0 Å². The summed E-state index contributed by atoms with van der Waals surface area (Å²) in [4.78, 5) is 0. The topological polar surface area (TPSA) is 18.5 Å². The van der Waals surface area contributed by atoms with Crippen LogP contribution in [0.1, 0.15) is 5.56 Å². The van der Waals surface area contributed by atoms with Crippen molar-refractivity contribution in [1.29, 1.82) is 0 Å².